The summed E-state index contributed by atoms with van der Waals surface area (Å²) in [5.41, 5.74) is 2.84. The van der Waals surface area contributed by atoms with E-state index in [1.807, 2.05) is 59.2 Å². The molecule has 1 heterocycles. The summed E-state index contributed by atoms with van der Waals surface area (Å²) in [6.07, 6.45) is 1.77. The first kappa shape index (κ1) is 12.4. The minimum absolute atomic E-state index is 0.00832. The minimum Gasteiger partial charge on any atom is -0.312 e. The number of anilines is 1. The van der Waals surface area contributed by atoms with Gasteiger partial charge in [0.15, 0.2) is 0 Å². The summed E-state index contributed by atoms with van der Waals surface area (Å²) in [6, 6.07) is 17.6. The first-order valence-electron chi connectivity index (χ1n) is 6.49. The van der Waals surface area contributed by atoms with E-state index in [9.17, 15) is 4.79 Å². The van der Waals surface area contributed by atoms with Crippen LogP contribution in [0.25, 0.3) is 11.0 Å². The number of benzene rings is 2. The molecule has 1 amide bonds. The molecule has 4 heteroatoms. The van der Waals surface area contributed by atoms with Gasteiger partial charge in [0.1, 0.15) is 6.67 Å². The highest BCUT2D eigenvalue weighted by Gasteiger charge is 2.12. The summed E-state index contributed by atoms with van der Waals surface area (Å²) in [6.45, 7) is 2.03. The van der Waals surface area contributed by atoms with Gasteiger partial charge in [0.2, 0.25) is 5.91 Å². The lowest BCUT2D eigenvalue weighted by Gasteiger charge is -2.22. The molecule has 1 aromatic heterocycles. The van der Waals surface area contributed by atoms with Gasteiger partial charge in [-0.2, -0.15) is 0 Å². The van der Waals surface area contributed by atoms with Gasteiger partial charge in [0.05, 0.1) is 17.4 Å². The number of hydrogen-bond donors (Lipinski definition) is 0. The molecule has 0 radical (unpaired) electrons. The fourth-order valence-corrected chi connectivity index (χ4v) is 2.25. The highest BCUT2D eigenvalue weighted by atomic mass is 16.2. The fourth-order valence-electron chi connectivity index (χ4n) is 2.25. The number of imidazole rings is 1. The zero-order valence-electron chi connectivity index (χ0n) is 11.2. The lowest BCUT2D eigenvalue weighted by atomic mass is 10.3. The van der Waals surface area contributed by atoms with Crippen molar-refractivity contribution in [1.82, 2.24) is 9.55 Å². The number of nitrogens with zero attached hydrogens (tertiary/aromatic N) is 3. The zero-order chi connectivity index (χ0) is 13.9. The molecule has 0 saturated carbocycles. The summed E-state index contributed by atoms with van der Waals surface area (Å²) in [5, 5.41) is 0. The quantitative estimate of drug-likeness (QED) is 0.730. The molecule has 0 spiro atoms. The maximum Gasteiger partial charge on any atom is 0.225 e. The third kappa shape index (κ3) is 2.28. The molecule has 2 aromatic carbocycles. The van der Waals surface area contributed by atoms with E-state index in [1.54, 1.807) is 18.2 Å². The number of aromatic nitrogens is 2. The standard InChI is InChI=1S/C16H15N3O/c1-13(20)19(14-7-3-2-4-8-14)12-18-11-17-15-9-5-6-10-16(15)18/h2-11H,12H2,1H3. The number of amides is 1. The Morgan fingerprint density at radius 1 is 1.10 bits per heavy atom. The van der Waals surface area contributed by atoms with Crippen molar-refractivity contribution < 1.29 is 4.79 Å². The first-order valence-corrected chi connectivity index (χ1v) is 6.49. The summed E-state index contributed by atoms with van der Waals surface area (Å²) >= 11 is 0. The topological polar surface area (TPSA) is 38.1 Å². The summed E-state index contributed by atoms with van der Waals surface area (Å²) < 4.78 is 1.98. The third-order valence-electron chi connectivity index (χ3n) is 3.27. The van der Waals surface area contributed by atoms with E-state index in [2.05, 4.69) is 4.98 Å². The van der Waals surface area contributed by atoms with E-state index in [4.69, 9.17) is 0 Å². The lowest BCUT2D eigenvalue weighted by molar-refractivity contribution is -0.116. The SMILES string of the molecule is CC(=O)N(Cn1cnc2ccccc21)c1ccccc1. The molecule has 0 bridgehead atoms. The zero-order valence-corrected chi connectivity index (χ0v) is 11.2. The Bertz CT molecular complexity index is 734. The van der Waals surface area contributed by atoms with Crippen LogP contribution < -0.4 is 4.90 Å². The van der Waals surface area contributed by atoms with E-state index in [0.717, 1.165) is 16.7 Å². The molecular formula is C16H15N3O. The summed E-state index contributed by atoms with van der Waals surface area (Å²) in [4.78, 5) is 18.0. The minimum atomic E-state index is 0.00832. The monoisotopic (exact) mass is 265 g/mol. The Labute approximate surface area is 117 Å². The average Bonchev–Trinajstić information content (AvgIpc) is 2.88. The van der Waals surface area contributed by atoms with Gasteiger partial charge in [-0.3, -0.25) is 9.69 Å². The van der Waals surface area contributed by atoms with Crippen LogP contribution in [-0.4, -0.2) is 15.5 Å². The van der Waals surface area contributed by atoms with Crippen LogP contribution in [0.3, 0.4) is 0 Å². The molecule has 3 rings (SSSR count). The van der Waals surface area contributed by atoms with Crippen molar-refractivity contribution in [2.75, 3.05) is 4.90 Å². The van der Waals surface area contributed by atoms with Crippen LogP contribution in [0, 0.1) is 0 Å². The Kier molecular flexibility index (Phi) is 3.21. The van der Waals surface area contributed by atoms with Gasteiger partial charge < -0.3 is 4.57 Å². The van der Waals surface area contributed by atoms with Crippen LogP contribution in [0.15, 0.2) is 60.9 Å². The molecule has 0 N–H and O–H groups in total. The predicted molar refractivity (Wildman–Crippen MR) is 79.3 cm³/mol. The molecule has 0 fully saturated rings. The van der Waals surface area contributed by atoms with Gasteiger partial charge in [-0.25, -0.2) is 4.98 Å². The molecule has 4 nitrogen and oxygen atoms in total. The lowest BCUT2D eigenvalue weighted by Crippen LogP contribution is -2.30. The fraction of sp³-hybridized carbons (Fsp3) is 0.125. The molecule has 0 atom stereocenters. The molecule has 20 heavy (non-hydrogen) atoms. The van der Waals surface area contributed by atoms with E-state index >= 15 is 0 Å². The highest BCUT2D eigenvalue weighted by Crippen LogP contribution is 2.17. The molecule has 100 valence electrons. The third-order valence-corrected chi connectivity index (χ3v) is 3.27. The van der Waals surface area contributed by atoms with Crippen molar-refractivity contribution in [3.8, 4) is 0 Å². The number of hydrogen-bond acceptors (Lipinski definition) is 2. The maximum atomic E-state index is 11.9. The van der Waals surface area contributed by atoms with Crippen LogP contribution >= 0.6 is 0 Å². The largest absolute Gasteiger partial charge is 0.312 e. The first-order chi connectivity index (χ1) is 9.75. The van der Waals surface area contributed by atoms with Crippen molar-refractivity contribution in [2.45, 2.75) is 13.6 Å². The highest BCUT2D eigenvalue weighted by molar-refractivity contribution is 5.91. The second kappa shape index (κ2) is 5.17. The maximum absolute atomic E-state index is 11.9. The Morgan fingerprint density at radius 2 is 1.80 bits per heavy atom. The van der Waals surface area contributed by atoms with Crippen LogP contribution in [0.4, 0.5) is 5.69 Å². The summed E-state index contributed by atoms with van der Waals surface area (Å²) in [5.74, 6) is 0.00832. The second-order valence-electron chi connectivity index (χ2n) is 4.63. The Hall–Kier alpha value is -2.62. The normalized spacial score (nSPS) is 10.7. The van der Waals surface area contributed by atoms with Crippen molar-refractivity contribution in [3.05, 3.63) is 60.9 Å². The van der Waals surface area contributed by atoms with Gasteiger partial charge in [-0.1, -0.05) is 30.3 Å². The van der Waals surface area contributed by atoms with Crippen LogP contribution in [0.2, 0.25) is 0 Å². The number of rotatable bonds is 3. The number of para-hydroxylation sites is 3. The van der Waals surface area contributed by atoms with Gasteiger partial charge >= 0.3 is 0 Å². The van der Waals surface area contributed by atoms with Crippen molar-refractivity contribution >= 4 is 22.6 Å². The van der Waals surface area contributed by atoms with Crippen LogP contribution in [-0.2, 0) is 11.5 Å². The number of fused-ring (bicyclic) bond motifs is 1. The van der Waals surface area contributed by atoms with E-state index in [-0.39, 0.29) is 5.91 Å². The van der Waals surface area contributed by atoms with Crippen molar-refractivity contribution in [2.24, 2.45) is 0 Å². The second-order valence-corrected chi connectivity index (χ2v) is 4.63. The molecule has 0 aliphatic rings. The van der Waals surface area contributed by atoms with E-state index < -0.39 is 0 Å². The van der Waals surface area contributed by atoms with Gasteiger partial charge in [-0.15, -0.1) is 0 Å². The number of carbonyl (C=O) groups excluding carboxylic acids is 1. The average molecular weight is 265 g/mol. The summed E-state index contributed by atoms with van der Waals surface area (Å²) in [7, 11) is 0. The van der Waals surface area contributed by atoms with Crippen LogP contribution in [0.1, 0.15) is 6.92 Å². The molecule has 0 aliphatic carbocycles. The smallest absolute Gasteiger partial charge is 0.225 e. The van der Waals surface area contributed by atoms with E-state index in [0.29, 0.717) is 6.67 Å². The van der Waals surface area contributed by atoms with Gasteiger partial charge in [0, 0.05) is 12.6 Å². The van der Waals surface area contributed by atoms with E-state index in [1.165, 1.54) is 0 Å². The van der Waals surface area contributed by atoms with Crippen molar-refractivity contribution in [3.63, 3.8) is 0 Å². The Morgan fingerprint density at radius 3 is 2.55 bits per heavy atom. The molecule has 0 saturated heterocycles. The predicted octanol–water partition coefficient (Wildman–Crippen LogP) is 3.05. The Balaban J connectivity index is 1.97. The molecule has 3 aromatic rings. The van der Waals surface area contributed by atoms with Gasteiger partial charge in [0.25, 0.3) is 0 Å². The van der Waals surface area contributed by atoms with Crippen molar-refractivity contribution in [1.29, 1.82) is 0 Å². The van der Waals surface area contributed by atoms with Crippen LogP contribution in [0.5, 0.6) is 0 Å². The molecule has 0 aliphatic heterocycles. The number of carbonyl (C=O) groups is 1. The molecular weight excluding hydrogens is 250 g/mol. The molecule has 0 unspecified atom stereocenters. The van der Waals surface area contributed by atoms with Gasteiger partial charge in [-0.05, 0) is 24.3 Å².